The molecule has 0 amide bonds. The van der Waals surface area contributed by atoms with Crippen molar-refractivity contribution in [3.05, 3.63) is 106 Å². The summed E-state index contributed by atoms with van der Waals surface area (Å²) in [5.41, 5.74) is 5.02. The highest BCUT2D eigenvalue weighted by Crippen LogP contribution is 2.44. The fourth-order valence-electron chi connectivity index (χ4n) is 4.36. The topological polar surface area (TPSA) is 41.3 Å². The number of halogens is 2. The van der Waals surface area contributed by atoms with Crippen LogP contribution in [0.4, 0.5) is 5.69 Å². The Morgan fingerprint density at radius 1 is 0.970 bits per heavy atom. The molecule has 4 aromatic rings. The molecule has 4 nitrogen and oxygen atoms in total. The van der Waals surface area contributed by atoms with Crippen LogP contribution in [0.3, 0.4) is 0 Å². The number of furan rings is 1. The summed E-state index contributed by atoms with van der Waals surface area (Å²) < 4.78 is 6.39. The van der Waals surface area contributed by atoms with Crippen molar-refractivity contribution in [1.82, 2.24) is 10.3 Å². The summed E-state index contributed by atoms with van der Waals surface area (Å²) in [6, 6.07) is 21.2. The van der Waals surface area contributed by atoms with Gasteiger partial charge >= 0.3 is 0 Å². The van der Waals surface area contributed by atoms with E-state index in [9.17, 15) is 0 Å². The molecule has 5 rings (SSSR count). The highest BCUT2D eigenvalue weighted by Gasteiger charge is 2.42. The highest BCUT2D eigenvalue weighted by molar-refractivity contribution is 7.80. The van der Waals surface area contributed by atoms with Gasteiger partial charge in [0.1, 0.15) is 17.6 Å². The van der Waals surface area contributed by atoms with E-state index >= 15 is 0 Å². The van der Waals surface area contributed by atoms with Crippen molar-refractivity contribution < 1.29 is 4.42 Å². The maximum absolute atomic E-state index is 6.44. The van der Waals surface area contributed by atoms with Crippen molar-refractivity contribution in [2.75, 3.05) is 4.90 Å². The standard InChI is InChI=1S/C26H21Cl2N3OS/c1-15-11-16(2)13-18(12-15)31-25(24(30-26(31)33)21-5-3-4-10-29-21)23-9-8-22(32-23)19-7-6-17(27)14-20(19)28/h3-14,24-25H,1-2H3,(H,30,33). The van der Waals surface area contributed by atoms with Crippen LogP contribution in [0.5, 0.6) is 0 Å². The molecule has 3 heterocycles. The lowest BCUT2D eigenvalue weighted by Crippen LogP contribution is -2.29. The van der Waals surface area contributed by atoms with Crippen molar-refractivity contribution >= 4 is 46.2 Å². The molecule has 2 unspecified atom stereocenters. The first-order chi connectivity index (χ1) is 15.9. The van der Waals surface area contributed by atoms with Gasteiger partial charge in [-0.15, -0.1) is 0 Å². The Balaban J connectivity index is 1.62. The molecule has 0 bridgehead atoms. The second-order valence-corrected chi connectivity index (χ2v) is 9.40. The molecule has 1 aliphatic rings. The maximum atomic E-state index is 6.44. The largest absolute Gasteiger partial charge is 0.459 e. The summed E-state index contributed by atoms with van der Waals surface area (Å²) in [4.78, 5) is 6.71. The van der Waals surface area contributed by atoms with Crippen LogP contribution in [0.15, 0.2) is 77.3 Å². The number of pyridine rings is 1. The van der Waals surface area contributed by atoms with Crippen LogP contribution in [0.2, 0.25) is 10.0 Å². The van der Waals surface area contributed by atoms with E-state index in [0.717, 1.165) is 22.7 Å². The zero-order chi connectivity index (χ0) is 23.1. The number of hydrogen-bond donors (Lipinski definition) is 1. The van der Waals surface area contributed by atoms with Crippen molar-refractivity contribution in [3.8, 4) is 11.3 Å². The Morgan fingerprint density at radius 2 is 1.76 bits per heavy atom. The second kappa shape index (κ2) is 8.82. The van der Waals surface area contributed by atoms with Gasteiger partial charge in [-0.05, 0) is 91.8 Å². The van der Waals surface area contributed by atoms with Gasteiger partial charge in [0.25, 0.3) is 0 Å². The van der Waals surface area contributed by atoms with Crippen molar-refractivity contribution in [2.24, 2.45) is 0 Å². The van der Waals surface area contributed by atoms with Gasteiger partial charge in [0.2, 0.25) is 0 Å². The number of nitrogens with zero attached hydrogens (tertiary/aromatic N) is 2. The molecular formula is C26H21Cl2N3OS. The van der Waals surface area contributed by atoms with Gasteiger partial charge in [-0.25, -0.2) is 0 Å². The smallest absolute Gasteiger partial charge is 0.174 e. The van der Waals surface area contributed by atoms with Gasteiger partial charge in [0, 0.05) is 22.5 Å². The van der Waals surface area contributed by atoms with Crippen LogP contribution in [0, 0.1) is 13.8 Å². The summed E-state index contributed by atoms with van der Waals surface area (Å²) in [5.74, 6) is 1.43. The highest BCUT2D eigenvalue weighted by atomic mass is 35.5. The third-order valence-corrected chi connectivity index (χ3v) is 6.56. The van der Waals surface area contributed by atoms with E-state index in [1.807, 2.05) is 36.4 Å². The SMILES string of the molecule is Cc1cc(C)cc(N2C(=S)NC(c3ccccn3)C2c2ccc(-c3ccc(Cl)cc3Cl)o2)c1. The molecule has 0 aliphatic carbocycles. The molecule has 0 spiro atoms. The predicted molar refractivity (Wildman–Crippen MR) is 138 cm³/mol. The van der Waals surface area contributed by atoms with E-state index in [4.69, 9.17) is 39.8 Å². The molecule has 166 valence electrons. The average Bonchev–Trinajstić information content (AvgIpc) is 3.38. The Kier molecular flexibility index (Phi) is 5.87. The number of rotatable bonds is 4. The van der Waals surface area contributed by atoms with E-state index in [0.29, 0.717) is 20.9 Å². The molecule has 2 aromatic carbocycles. The van der Waals surface area contributed by atoms with Gasteiger partial charge in [-0.2, -0.15) is 0 Å². The molecule has 2 atom stereocenters. The molecule has 0 saturated carbocycles. The van der Waals surface area contributed by atoms with Gasteiger partial charge in [-0.1, -0.05) is 35.3 Å². The molecule has 1 N–H and O–H groups in total. The Hall–Kier alpha value is -2.86. The lowest BCUT2D eigenvalue weighted by molar-refractivity contribution is 0.439. The zero-order valence-electron chi connectivity index (χ0n) is 18.0. The molecule has 1 saturated heterocycles. The number of anilines is 1. The summed E-state index contributed by atoms with van der Waals surface area (Å²) in [6.45, 7) is 4.17. The summed E-state index contributed by atoms with van der Waals surface area (Å²) in [5, 5.41) is 5.21. The molecule has 7 heteroatoms. The first-order valence-corrected chi connectivity index (χ1v) is 11.7. The molecule has 1 aliphatic heterocycles. The molecule has 0 radical (unpaired) electrons. The van der Waals surface area contributed by atoms with Gasteiger partial charge in [-0.3, -0.25) is 4.98 Å². The predicted octanol–water partition coefficient (Wildman–Crippen LogP) is 7.44. The molecular weight excluding hydrogens is 473 g/mol. The van der Waals surface area contributed by atoms with Crippen molar-refractivity contribution in [2.45, 2.75) is 25.9 Å². The van der Waals surface area contributed by atoms with Crippen LogP contribution >= 0.6 is 35.4 Å². The van der Waals surface area contributed by atoms with Crippen LogP contribution < -0.4 is 10.2 Å². The van der Waals surface area contributed by atoms with E-state index < -0.39 is 0 Å². The third kappa shape index (κ3) is 4.24. The molecule has 2 aromatic heterocycles. The van der Waals surface area contributed by atoms with E-state index in [1.54, 1.807) is 18.3 Å². The van der Waals surface area contributed by atoms with Crippen molar-refractivity contribution in [1.29, 1.82) is 0 Å². The first kappa shape index (κ1) is 22.0. The number of aromatic nitrogens is 1. The quantitative estimate of drug-likeness (QED) is 0.299. The van der Waals surface area contributed by atoms with Crippen LogP contribution in [-0.2, 0) is 0 Å². The Labute approximate surface area is 208 Å². The summed E-state index contributed by atoms with van der Waals surface area (Å²) in [7, 11) is 0. The lowest BCUT2D eigenvalue weighted by Gasteiger charge is -2.26. The van der Waals surface area contributed by atoms with Gasteiger partial charge in [0.15, 0.2) is 5.11 Å². The lowest BCUT2D eigenvalue weighted by atomic mass is 10.0. The molecule has 33 heavy (non-hydrogen) atoms. The van der Waals surface area contributed by atoms with Crippen LogP contribution in [0.1, 0.15) is 34.7 Å². The number of aryl methyl sites for hydroxylation is 2. The number of benzene rings is 2. The normalized spacial score (nSPS) is 17.9. The minimum atomic E-state index is -0.228. The van der Waals surface area contributed by atoms with Crippen LogP contribution in [0.25, 0.3) is 11.3 Å². The van der Waals surface area contributed by atoms with E-state index in [2.05, 4.69) is 47.2 Å². The van der Waals surface area contributed by atoms with Crippen molar-refractivity contribution in [3.63, 3.8) is 0 Å². The fraction of sp³-hybridized carbons (Fsp3) is 0.154. The Morgan fingerprint density at radius 3 is 2.45 bits per heavy atom. The van der Waals surface area contributed by atoms with Crippen LogP contribution in [-0.4, -0.2) is 10.1 Å². The monoisotopic (exact) mass is 493 g/mol. The van der Waals surface area contributed by atoms with E-state index in [1.165, 1.54) is 11.1 Å². The first-order valence-electron chi connectivity index (χ1n) is 10.5. The number of hydrogen-bond acceptors (Lipinski definition) is 3. The fourth-order valence-corrected chi connectivity index (χ4v) is 5.21. The average molecular weight is 494 g/mol. The molecule has 1 fully saturated rings. The minimum absolute atomic E-state index is 0.181. The van der Waals surface area contributed by atoms with E-state index in [-0.39, 0.29) is 12.1 Å². The minimum Gasteiger partial charge on any atom is -0.459 e. The third-order valence-electron chi connectivity index (χ3n) is 5.70. The summed E-state index contributed by atoms with van der Waals surface area (Å²) in [6.07, 6.45) is 1.79. The number of nitrogens with one attached hydrogen (secondary N) is 1. The Bertz CT molecular complexity index is 1320. The number of thiocarbonyl (C=S) groups is 1. The van der Waals surface area contributed by atoms with Gasteiger partial charge < -0.3 is 14.6 Å². The zero-order valence-corrected chi connectivity index (χ0v) is 20.4. The summed E-state index contributed by atoms with van der Waals surface area (Å²) >= 11 is 18.3. The van der Waals surface area contributed by atoms with Gasteiger partial charge in [0.05, 0.1) is 16.8 Å². The maximum Gasteiger partial charge on any atom is 0.174 e. The second-order valence-electron chi connectivity index (χ2n) is 8.17.